The van der Waals surface area contributed by atoms with E-state index in [0.717, 1.165) is 32.1 Å². The van der Waals surface area contributed by atoms with Gasteiger partial charge in [0.05, 0.1) is 11.8 Å². The third-order valence-corrected chi connectivity index (χ3v) is 11.0. The third kappa shape index (κ3) is 3.66. The van der Waals surface area contributed by atoms with Crippen LogP contribution in [0, 0.1) is 58.2 Å². The van der Waals surface area contributed by atoms with Gasteiger partial charge in [0.1, 0.15) is 0 Å². The molecule has 6 heteroatoms. The topological polar surface area (TPSA) is 112 Å². The van der Waals surface area contributed by atoms with E-state index < -0.39 is 17.9 Å². The highest BCUT2D eigenvalue weighted by molar-refractivity contribution is 5.72. The number of rotatable bonds is 6. The Hall–Kier alpha value is -1.59. The van der Waals surface area contributed by atoms with Crippen LogP contribution < -0.4 is 0 Å². The number of fused-ring (bicyclic) bond motifs is 5. The van der Waals surface area contributed by atoms with Gasteiger partial charge in [0, 0.05) is 6.42 Å². The Balaban J connectivity index is 1.61. The quantitative estimate of drug-likeness (QED) is 0.517. The van der Waals surface area contributed by atoms with Crippen molar-refractivity contribution in [1.82, 2.24) is 0 Å². The van der Waals surface area contributed by atoms with Crippen molar-refractivity contribution in [2.24, 2.45) is 58.2 Å². The molecule has 4 aliphatic carbocycles. The second-order valence-electron chi connectivity index (χ2n) is 12.1. The van der Waals surface area contributed by atoms with Crippen molar-refractivity contribution in [1.29, 1.82) is 0 Å². The van der Waals surface area contributed by atoms with E-state index in [-0.39, 0.29) is 40.9 Å². The molecule has 32 heavy (non-hydrogen) atoms. The van der Waals surface area contributed by atoms with Crippen LogP contribution in [0.3, 0.4) is 0 Å². The van der Waals surface area contributed by atoms with E-state index in [1.54, 1.807) is 0 Å². The molecular formula is C26H40O6. The maximum absolute atomic E-state index is 12.5. The molecule has 0 aromatic carbocycles. The summed E-state index contributed by atoms with van der Waals surface area (Å²) in [4.78, 5) is 35.3. The van der Waals surface area contributed by atoms with Crippen LogP contribution in [-0.2, 0) is 14.4 Å². The maximum atomic E-state index is 12.5. The van der Waals surface area contributed by atoms with E-state index in [1.165, 1.54) is 0 Å². The number of hydrogen-bond acceptors (Lipinski definition) is 3. The van der Waals surface area contributed by atoms with E-state index in [9.17, 15) is 24.6 Å². The summed E-state index contributed by atoms with van der Waals surface area (Å²) in [6, 6.07) is 0. The first-order valence-electron chi connectivity index (χ1n) is 12.7. The lowest BCUT2D eigenvalue weighted by atomic mass is 9.41. The highest BCUT2D eigenvalue weighted by atomic mass is 16.4. The highest BCUT2D eigenvalue weighted by Crippen LogP contribution is 2.69. The summed E-state index contributed by atoms with van der Waals surface area (Å²) in [6.45, 7) is 6.88. The summed E-state index contributed by atoms with van der Waals surface area (Å²) in [5.74, 6) is -1.05. The minimum Gasteiger partial charge on any atom is -0.481 e. The van der Waals surface area contributed by atoms with Gasteiger partial charge in [-0.1, -0.05) is 20.8 Å². The van der Waals surface area contributed by atoms with Gasteiger partial charge >= 0.3 is 17.9 Å². The van der Waals surface area contributed by atoms with Crippen LogP contribution in [0.25, 0.3) is 0 Å². The summed E-state index contributed by atoms with van der Waals surface area (Å²) in [5, 5.41) is 29.0. The zero-order valence-electron chi connectivity index (χ0n) is 19.8. The van der Waals surface area contributed by atoms with Gasteiger partial charge in [-0.15, -0.1) is 0 Å². The van der Waals surface area contributed by atoms with Gasteiger partial charge in [0.2, 0.25) is 0 Å². The number of carbonyl (C=O) groups is 3. The molecule has 0 bridgehead atoms. The Labute approximate surface area is 191 Å². The van der Waals surface area contributed by atoms with Gasteiger partial charge in [0.25, 0.3) is 0 Å². The van der Waals surface area contributed by atoms with E-state index in [2.05, 4.69) is 20.8 Å². The molecule has 0 saturated heterocycles. The lowest BCUT2D eigenvalue weighted by Crippen LogP contribution is -2.58. The van der Waals surface area contributed by atoms with Crippen molar-refractivity contribution in [3.05, 3.63) is 0 Å². The van der Waals surface area contributed by atoms with Crippen LogP contribution in [0.4, 0.5) is 0 Å². The van der Waals surface area contributed by atoms with Gasteiger partial charge in [-0.3, -0.25) is 14.4 Å². The van der Waals surface area contributed by atoms with Crippen molar-refractivity contribution in [3.63, 3.8) is 0 Å². The smallest absolute Gasteiger partial charge is 0.306 e. The first-order chi connectivity index (χ1) is 15.0. The molecule has 0 aromatic heterocycles. The Kier molecular flexibility index (Phi) is 6.13. The molecule has 0 radical (unpaired) electrons. The normalized spacial score (nSPS) is 46.4. The lowest BCUT2D eigenvalue weighted by molar-refractivity contribution is -0.176. The number of aliphatic carboxylic acids is 3. The largest absolute Gasteiger partial charge is 0.481 e. The summed E-state index contributed by atoms with van der Waals surface area (Å²) >= 11 is 0. The van der Waals surface area contributed by atoms with Crippen LogP contribution >= 0.6 is 0 Å². The Bertz CT molecular complexity index is 778. The fourth-order valence-electron chi connectivity index (χ4n) is 9.28. The molecule has 0 spiro atoms. The van der Waals surface area contributed by atoms with Crippen molar-refractivity contribution in [2.75, 3.05) is 0 Å². The van der Waals surface area contributed by atoms with Crippen LogP contribution in [0.15, 0.2) is 0 Å². The third-order valence-electron chi connectivity index (χ3n) is 11.0. The van der Waals surface area contributed by atoms with Crippen LogP contribution in [-0.4, -0.2) is 33.2 Å². The molecular weight excluding hydrogens is 408 g/mol. The minimum absolute atomic E-state index is 0.0386. The van der Waals surface area contributed by atoms with E-state index in [0.29, 0.717) is 49.4 Å². The minimum atomic E-state index is -0.741. The number of hydrogen-bond donors (Lipinski definition) is 3. The van der Waals surface area contributed by atoms with Crippen molar-refractivity contribution in [2.45, 2.75) is 85.0 Å². The molecule has 6 nitrogen and oxygen atoms in total. The molecule has 0 heterocycles. The molecule has 0 aliphatic heterocycles. The second-order valence-corrected chi connectivity index (χ2v) is 12.1. The lowest BCUT2D eigenvalue weighted by Gasteiger charge is -2.62. The van der Waals surface area contributed by atoms with Gasteiger partial charge in [-0.25, -0.2) is 0 Å². The molecule has 180 valence electrons. The number of carboxylic acid groups (broad SMARTS) is 3. The van der Waals surface area contributed by atoms with Gasteiger partial charge < -0.3 is 15.3 Å². The summed E-state index contributed by atoms with van der Waals surface area (Å²) in [5.41, 5.74) is 0.116. The summed E-state index contributed by atoms with van der Waals surface area (Å²) in [6.07, 6.45) is 7.94. The monoisotopic (exact) mass is 448 g/mol. The zero-order chi connectivity index (χ0) is 23.4. The summed E-state index contributed by atoms with van der Waals surface area (Å²) in [7, 11) is 0. The highest BCUT2D eigenvalue weighted by Gasteiger charge is 2.64. The SMILES string of the molecule is C[C@@H](CCC(=O)O)[C@H]1CC[C@H]2[C@@H]3[C@H](C(=O)O)C[C@@H]4C[C@H](C(=O)O)CC[C@]4(C)[C@H]3CC[C@]12C. The van der Waals surface area contributed by atoms with Crippen LogP contribution in [0.1, 0.15) is 85.0 Å². The first kappa shape index (κ1) is 23.6. The molecule has 10 atom stereocenters. The maximum Gasteiger partial charge on any atom is 0.306 e. The standard InChI is InChI=1S/C26H40O6/c1-14(4-7-21(27)28)18-5-6-19-22-17(24(31)32)13-16-12-15(23(29)30)8-10-25(16,2)20(22)9-11-26(18,19)3/h14-20,22H,4-13H2,1-3H3,(H,27,28)(H,29,30)(H,31,32)/t14-,15+,16-,17+,18+,19-,20-,22-,25-,26+/m0/s1. The molecule has 4 saturated carbocycles. The fraction of sp³-hybridized carbons (Fsp3) is 0.885. The van der Waals surface area contributed by atoms with Gasteiger partial charge in [-0.05, 0) is 104 Å². The van der Waals surface area contributed by atoms with E-state index in [4.69, 9.17) is 5.11 Å². The van der Waals surface area contributed by atoms with Crippen molar-refractivity contribution >= 4 is 17.9 Å². The molecule has 0 amide bonds. The fourth-order valence-corrected chi connectivity index (χ4v) is 9.28. The van der Waals surface area contributed by atoms with Crippen LogP contribution in [0.2, 0.25) is 0 Å². The average molecular weight is 449 g/mol. The molecule has 4 rings (SSSR count). The average Bonchev–Trinajstić information content (AvgIpc) is 3.07. The second kappa shape index (κ2) is 8.32. The molecule has 4 aliphatic rings. The van der Waals surface area contributed by atoms with Gasteiger partial charge in [0.15, 0.2) is 0 Å². The van der Waals surface area contributed by atoms with Crippen molar-refractivity contribution < 1.29 is 29.7 Å². The van der Waals surface area contributed by atoms with Crippen molar-refractivity contribution in [3.8, 4) is 0 Å². The predicted molar refractivity (Wildman–Crippen MR) is 119 cm³/mol. The Morgan fingerprint density at radius 2 is 1.53 bits per heavy atom. The Morgan fingerprint density at radius 1 is 0.875 bits per heavy atom. The Morgan fingerprint density at radius 3 is 2.16 bits per heavy atom. The number of carboxylic acids is 3. The molecule has 0 unspecified atom stereocenters. The van der Waals surface area contributed by atoms with E-state index in [1.807, 2.05) is 0 Å². The molecule has 3 N–H and O–H groups in total. The molecule has 4 fully saturated rings. The van der Waals surface area contributed by atoms with Gasteiger partial charge in [-0.2, -0.15) is 0 Å². The predicted octanol–water partition coefficient (Wildman–Crippen LogP) is 5.16. The summed E-state index contributed by atoms with van der Waals surface area (Å²) < 4.78 is 0. The molecule has 0 aromatic rings. The zero-order valence-corrected chi connectivity index (χ0v) is 19.8. The van der Waals surface area contributed by atoms with Crippen LogP contribution in [0.5, 0.6) is 0 Å². The van der Waals surface area contributed by atoms with E-state index >= 15 is 0 Å². The first-order valence-corrected chi connectivity index (χ1v) is 12.7.